The van der Waals surface area contributed by atoms with E-state index in [1.54, 1.807) is 6.20 Å². The van der Waals surface area contributed by atoms with Gasteiger partial charge in [0.25, 0.3) is 5.91 Å². The van der Waals surface area contributed by atoms with Gasteiger partial charge in [0.2, 0.25) is 0 Å². The highest BCUT2D eigenvalue weighted by molar-refractivity contribution is 9.10. The zero-order valence-electron chi connectivity index (χ0n) is 12.6. The van der Waals surface area contributed by atoms with E-state index in [-0.39, 0.29) is 11.4 Å². The van der Waals surface area contributed by atoms with Crippen molar-refractivity contribution >= 4 is 32.7 Å². The number of fused-ring (bicyclic) bond motifs is 1. The summed E-state index contributed by atoms with van der Waals surface area (Å²) in [6, 6.07) is 16.2. The van der Waals surface area contributed by atoms with Gasteiger partial charge < -0.3 is 10.3 Å². The number of hydrogen-bond donors (Lipinski definition) is 2. The van der Waals surface area contributed by atoms with Gasteiger partial charge in [0, 0.05) is 21.6 Å². The van der Waals surface area contributed by atoms with Crippen molar-refractivity contribution in [3.05, 3.63) is 70.3 Å². The van der Waals surface area contributed by atoms with Gasteiger partial charge >= 0.3 is 0 Å². The lowest BCUT2D eigenvalue weighted by atomic mass is 9.71. The Balaban J connectivity index is 1.67. The molecule has 4 heteroatoms. The maximum Gasteiger partial charge on any atom is 0.254 e. The Morgan fingerprint density at radius 3 is 2.61 bits per heavy atom. The Bertz CT molecular complexity index is 865. The van der Waals surface area contributed by atoms with Gasteiger partial charge in [-0.15, -0.1) is 0 Å². The summed E-state index contributed by atoms with van der Waals surface area (Å²) in [4.78, 5) is 16.0. The molecule has 1 aromatic heterocycles. The van der Waals surface area contributed by atoms with Crippen LogP contribution in [0.4, 0.5) is 0 Å². The fraction of sp³-hybridized carbons (Fsp3) is 0.211. The van der Waals surface area contributed by atoms with E-state index in [1.807, 2.05) is 36.4 Å². The standard InChI is InChI=1S/C19H17BrN2O/c20-14-7-8-17-15(11-14)16(12-21-17)18(23)22-19(9-4-10-19)13-5-2-1-3-6-13/h1-3,5-8,11-12,21H,4,9-10H2,(H,22,23). The van der Waals surface area contributed by atoms with E-state index in [9.17, 15) is 4.79 Å². The first kappa shape index (κ1) is 14.5. The molecule has 3 aromatic rings. The molecule has 2 N–H and O–H groups in total. The highest BCUT2D eigenvalue weighted by Crippen LogP contribution is 2.41. The monoisotopic (exact) mass is 368 g/mol. The molecular formula is C19H17BrN2O. The molecule has 0 radical (unpaired) electrons. The molecule has 23 heavy (non-hydrogen) atoms. The predicted octanol–water partition coefficient (Wildman–Crippen LogP) is 4.74. The Morgan fingerprint density at radius 1 is 1.13 bits per heavy atom. The van der Waals surface area contributed by atoms with Crippen LogP contribution in [0.1, 0.15) is 35.2 Å². The number of amides is 1. The van der Waals surface area contributed by atoms with Crippen molar-refractivity contribution in [3.63, 3.8) is 0 Å². The molecule has 1 aliphatic carbocycles. The fourth-order valence-electron chi connectivity index (χ4n) is 3.34. The molecule has 3 nitrogen and oxygen atoms in total. The first-order valence-electron chi connectivity index (χ1n) is 7.83. The Hall–Kier alpha value is -2.07. The quantitative estimate of drug-likeness (QED) is 0.688. The van der Waals surface area contributed by atoms with Gasteiger partial charge in [-0.05, 0) is 43.0 Å². The predicted molar refractivity (Wildman–Crippen MR) is 95.4 cm³/mol. The van der Waals surface area contributed by atoms with Crippen molar-refractivity contribution in [3.8, 4) is 0 Å². The van der Waals surface area contributed by atoms with Gasteiger partial charge in [-0.3, -0.25) is 4.79 Å². The summed E-state index contributed by atoms with van der Waals surface area (Å²) in [5.74, 6) is -0.0158. The molecule has 0 atom stereocenters. The maximum absolute atomic E-state index is 12.9. The number of carbonyl (C=O) groups is 1. The number of halogens is 1. The minimum absolute atomic E-state index is 0.0158. The smallest absolute Gasteiger partial charge is 0.254 e. The number of aromatic amines is 1. The number of benzene rings is 2. The van der Waals surface area contributed by atoms with E-state index in [0.717, 1.165) is 34.6 Å². The number of rotatable bonds is 3. The number of nitrogens with one attached hydrogen (secondary N) is 2. The Kier molecular flexibility index (Phi) is 3.49. The Morgan fingerprint density at radius 2 is 1.91 bits per heavy atom. The average Bonchev–Trinajstić information content (AvgIpc) is 2.94. The second-order valence-corrected chi connectivity index (χ2v) is 7.06. The summed E-state index contributed by atoms with van der Waals surface area (Å²) in [6.45, 7) is 0. The molecule has 1 amide bonds. The van der Waals surface area contributed by atoms with Gasteiger partial charge in [0.15, 0.2) is 0 Å². The van der Waals surface area contributed by atoms with Gasteiger partial charge in [0.1, 0.15) is 0 Å². The SMILES string of the molecule is O=C(NC1(c2ccccc2)CCC1)c1c[nH]c2ccc(Br)cc12. The summed E-state index contributed by atoms with van der Waals surface area (Å²) in [6.07, 6.45) is 4.93. The zero-order valence-corrected chi connectivity index (χ0v) is 14.2. The van der Waals surface area contributed by atoms with Crippen molar-refractivity contribution in [2.45, 2.75) is 24.8 Å². The molecule has 0 saturated heterocycles. The third-order valence-corrected chi connectivity index (χ3v) is 5.27. The van der Waals surface area contributed by atoms with Gasteiger partial charge in [-0.2, -0.15) is 0 Å². The van der Waals surface area contributed by atoms with Crippen molar-refractivity contribution in [2.24, 2.45) is 0 Å². The minimum atomic E-state index is -0.214. The van der Waals surface area contributed by atoms with Crippen molar-refractivity contribution in [2.75, 3.05) is 0 Å². The summed E-state index contributed by atoms with van der Waals surface area (Å²) < 4.78 is 0.972. The van der Waals surface area contributed by atoms with Gasteiger partial charge in [-0.1, -0.05) is 46.3 Å². The van der Waals surface area contributed by atoms with Crippen LogP contribution in [-0.2, 0) is 5.54 Å². The number of aromatic nitrogens is 1. The minimum Gasteiger partial charge on any atom is -0.360 e. The van der Waals surface area contributed by atoms with Crippen molar-refractivity contribution < 1.29 is 4.79 Å². The molecule has 1 aliphatic rings. The molecule has 1 fully saturated rings. The van der Waals surface area contributed by atoms with Crippen LogP contribution in [0, 0.1) is 0 Å². The summed E-state index contributed by atoms with van der Waals surface area (Å²) in [7, 11) is 0. The molecule has 4 rings (SSSR count). The molecular weight excluding hydrogens is 352 g/mol. The molecule has 1 saturated carbocycles. The lowest BCUT2D eigenvalue weighted by Gasteiger charge is -2.43. The van der Waals surface area contributed by atoms with Crippen LogP contribution in [-0.4, -0.2) is 10.9 Å². The summed E-state index contributed by atoms with van der Waals surface area (Å²) in [5.41, 5.74) is 2.65. The number of hydrogen-bond acceptors (Lipinski definition) is 1. The molecule has 1 heterocycles. The van der Waals surface area contributed by atoms with Crippen molar-refractivity contribution in [1.82, 2.24) is 10.3 Å². The van der Waals surface area contributed by atoms with Crippen LogP contribution in [0.25, 0.3) is 10.9 Å². The molecule has 0 bridgehead atoms. The highest BCUT2D eigenvalue weighted by Gasteiger charge is 2.40. The van der Waals surface area contributed by atoms with Crippen LogP contribution in [0.5, 0.6) is 0 Å². The molecule has 0 unspecified atom stereocenters. The van der Waals surface area contributed by atoms with Crippen LogP contribution < -0.4 is 5.32 Å². The normalized spacial score (nSPS) is 16.0. The van der Waals surface area contributed by atoms with E-state index in [2.05, 4.69) is 38.4 Å². The van der Waals surface area contributed by atoms with Crippen LogP contribution in [0.3, 0.4) is 0 Å². The second-order valence-electron chi connectivity index (χ2n) is 6.15. The third kappa shape index (κ3) is 2.47. The van der Waals surface area contributed by atoms with Crippen LogP contribution >= 0.6 is 15.9 Å². The largest absolute Gasteiger partial charge is 0.360 e. The first-order chi connectivity index (χ1) is 11.2. The Labute approximate surface area is 143 Å². The van der Waals surface area contributed by atoms with E-state index >= 15 is 0 Å². The zero-order chi connectivity index (χ0) is 15.9. The summed E-state index contributed by atoms with van der Waals surface area (Å²) in [5, 5.41) is 4.23. The lowest BCUT2D eigenvalue weighted by molar-refractivity contribution is 0.0825. The van der Waals surface area contributed by atoms with E-state index < -0.39 is 0 Å². The van der Waals surface area contributed by atoms with E-state index in [1.165, 1.54) is 5.56 Å². The molecule has 0 spiro atoms. The number of H-pyrrole nitrogens is 1. The van der Waals surface area contributed by atoms with Gasteiger partial charge in [0.05, 0.1) is 11.1 Å². The van der Waals surface area contributed by atoms with E-state index in [0.29, 0.717) is 5.56 Å². The van der Waals surface area contributed by atoms with Crippen molar-refractivity contribution in [1.29, 1.82) is 0 Å². The van der Waals surface area contributed by atoms with Crippen LogP contribution in [0.2, 0.25) is 0 Å². The molecule has 0 aliphatic heterocycles. The average molecular weight is 369 g/mol. The topological polar surface area (TPSA) is 44.9 Å². The maximum atomic E-state index is 12.9. The highest BCUT2D eigenvalue weighted by atomic mass is 79.9. The molecule has 2 aromatic carbocycles. The van der Waals surface area contributed by atoms with Gasteiger partial charge in [-0.25, -0.2) is 0 Å². The number of carbonyl (C=O) groups excluding carboxylic acids is 1. The van der Waals surface area contributed by atoms with E-state index in [4.69, 9.17) is 0 Å². The first-order valence-corrected chi connectivity index (χ1v) is 8.62. The molecule has 116 valence electrons. The summed E-state index contributed by atoms with van der Waals surface area (Å²) >= 11 is 3.48. The lowest BCUT2D eigenvalue weighted by Crippen LogP contribution is -2.50. The van der Waals surface area contributed by atoms with Crippen LogP contribution in [0.15, 0.2) is 59.2 Å². The second kappa shape index (κ2) is 5.53. The third-order valence-electron chi connectivity index (χ3n) is 4.77. The fourth-order valence-corrected chi connectivity index (χ4v) is 3.70.